The Labute approximate surface area is 139 Å². The number of rotatable bonds is 3. The molecule has 0 unspecified atom stereocenters. The van der Waals surface area contributed by atoms with Gasteiger partial charge in [-0.3, -0.25) is 4.79 Å². The number of carbonyl (C=O) groups excluding carboxylic acids is 1. The number of aromatic nitrogens is 4. The molecule has 2 aromatic heterocycles. The molecule has 2 aromatic rings. The van der Waals surface area contributed by atoms with Crippen LogP contribution in [0.1, 0.15) is 31.7 Å². The van der Waals surface area contributed by atoms with Gasteiger partial charge in [-0.25, -0.2) is 15.0 Å². The monoisotopic (exact) mass is 327 g/mol. The van der Waals surface area contributed by atoms with Gasteiger partial charge >= 0.3 is 0 Å². The standard InChI is InChI=1S/C16H21N7O/c17-11-6-21(7-12(11)22-5-1-2-13(22)24)15-14-16(19-8-18-15)23(9-20-14)10-3-4-10/h8-12H,1-7,17H2/t11-,12-/m0/s1. The molecule has 2 atom stereocenters. The van der Waals surface area contributed by atoms with Crippen LogP contribution in [-0.4, -0.2) is 62.0 Å². The van der Waals surface area contributed by atoms with Gasteiger partial charge in [0.1, 0.15) is 6.33 Å². The maximum absolute atomic E-state index is 12.1. The van der Waals surface area contributed by atoms with Crippen LogP contribution >= 0.6 is 0 Å². The van der Waals surface area contributed by atoms with Crippen LogP contribution in [-0.2, 0) is 4.79 Å². The van der Waals surface area contributed by atoms with Crippen LogP contribution in [0.3, 0.4) is 0 Å². The molecular formula is C16H21N7O. The second-order valence-electron chi connectivity index (χ2n) is 7.08. The molecule has 2 N–H and O–H groups in total. The molecule has 1 aliphatic carbocycles. The first-order valence-corrected chi connectivity index (χ1v) is 8.70. The van der Waals surface area contributed by atoms with E-state index >= 15 is 0 Å². The third-order valence-corrected chi connectivity index (χ3v) is 5.42. The lowest BCUT2D eigenvalue weighted by Gasteiger charge is -2.26. The van der Waals surface area contributed by atoms with E-state index in [-0.39, 0.29) is 18.0 Å². The summed E-state index contributed by atoms with van der Waals surface area (Å²) in [5.41, 5.74) is 8.09. The fraction of sp³-hybridized carbons (Fsp3) is 0.625. The van der Waals surface area contributed by atoms with Crippen LogP contribution in [0.25, 0.3) is 11.2 Å². The molecule has 24 heavy (non-hydrogen) atoms. The fourth-order valence-corrected chi connectivity index (χ4v) is 4.03. The van der Waals surface area contributed by atoms with Crippen molar-refractivity contribution in [1.29, 1.82) is 0 Å². The number of amides is 1. The van der Waals surface area contributed by atoms with E-state index in [4.69, 9.17) is 5.73 Å². The molecule has 126 valence electrons. The van der Waals surface area contributed by atoms with Crippen LogP contribution in [0.2, 0.25) is 0 Å². The number of nitrogens with two attached hydrogens (primary N) is 1. The van der Waals surface area contributed by atoms with Crippen molar-refractivity contribution in [1.82, 2.24) is 24.4 Å². The second-order valence-corrected chi connectivity index (χ2v) is 7.08. The van der Waals surface area contributed by atoms with Crippen molar-refractivity contribution < 1.29 is 4.79 Å². The summed E-state index contributed by atoms with van der Waals surface area (Å²) in [4.78, 5) is 29.6. The highest BCUT2D eigenvalue weighted by Gasteiger charge is 2.39. The van der Waals surface area contributed by atoms with Gasteiger partial charge in [0.2, 0.25) is 5.91 Å². The topological polar surface area (TPSA) is 93.2 Å². The highest BCUT2D eigenvalue weighted by Crippen LogP contribution is 2.38. The first-order valence-electron chi connectivity index (χ1n) is 8.70. The van der Waals surface area contributed by atoms with Gasteiger partial charge in [0.25, 0.3) is 0 Å². The number of carbonyl (C=O) groups is 1. The Kier molecular flexibility index (Phi) is 3.03. The van der Waals surface area contributed by atoms with Gasteiger partial charge in [-0.05, 0) is 19.3 Å². The van der Waals surface area contributed by atoms with Crippen molar-refractivity contribution in [3.63, 3.8) is 0 Å². The smallest absolute Gasteiger partial charge is 0.223 e. The molecule has 2 saturated heterocycles. The van der Waals surface area contributed by atoms with Gasteiger partial charge in [0.05, 0.1) is 12.4 Å². The highest BCUT2D eigenvalue weighted by atomic mass is 16.2. The molecule has 0 aromatic carbocycles. The van der Waals surface area contributed by atoms with E-state index in [0.717, 1.165) is 36.5 Å². The number of anilines is 1. The van der Waals surface area contributed by atoms with Crippen molar-refractivity contribution >= 4 is 22.9 Å². The molecule has 0 spiro atoms. The lowest BCUT2D eigenvalue weighted by atomic mass is 10.1. The van der Waals surface area contributed by atoms with E-state index in [1.165, 1.54) is 12.8 Å². The van der Waals surface area contributed by atoms with Gasteiger partial charge in [-0.2, -0.15) is 0 Å². The van der Waals surface area contributed by atoms with Gasteiger partial charge in [0.15, 0.2) is 17.0 Å². The van der Waals surface area contributed by atoms with Crippen molar-refractivity contribution in [2.75, 3.05) is 24.5 Å². The van der Waals surface area contributed by atoms with Gasteiger partial charge in [-0.15, -0.1) is 0 Å². The molecule has 5 rings (SSSR count). The summed E-state index contributed by atoms with van der Waals surface area (Å²) in [5, 5.41) is 0. The van der Waals surface area contributed by atoms with Gasteiger partial charge in [0, 0.05) is 38.1 Å². The van der Waals surface area contributed by atoms with Crippen LogP contribution in [0.15, 0.2) is 12.7 Å². The predicted octanol–water partition coefficient (Wildman–Crippen LogP) is 0.299. The van der Waals surface area contributed by atoms with Crippen LogP contribution in [0.4, 0.5) is 5.82 Å². The molecule has 8 heteroatoms. The van der Waals surface area contributed by atoms with Crippen molar-refractivity contribution in [3.8, 4) is 0 Å². The fourth-order valence-electron chi connectivity index (χ4n) is 4.03. The Bertz CT molecular complexity index is 799. The minimum absolute atomic E-state index is 0.0532. The molecule has 0 bridgehead atoms. The van der Waals surface area contributed by atoms with Crippen molar-refractivity contribution in [2.24, 2.45) is 5.73 Å². The minimum atomic E-state index is -0.0532. The van der Waals surface area contributed by atoms with Crippen molar-refractivity contribution in [3.05, 3.63) is 12.7 Å². The van der Waals surface area contributed by atoms with E-state index in [1.807, 2.05) is 11.2 Å². The van der Waals surface area contributed by atoms with Crippen LogP contribution < -0.4 is 10.6 Å². The molecule has 3 fully saturated rings. The maximum atomic E-state index is 12.1. The first-order chi connectivity index (χ1) is 11.7. The summed E-state index contributed by atoms with van der Waals surface area (Å²) in [7, 11) is 0. The summed E-state index contributed by atoms with van der Waals surface area (Å²) >= 11 is 0. The zero-order valence-electron chi connectivity index (χ0n) is 13.5. The van der Waals surface area contributed by atoms with E-state index in [2.05, 4.69) is 24.4 Å². The largest absolute Gasteiger partial charge is 0.351 e. The number of likely N-dealkylation sites (tertiary alicyclic amines) is 1. The maximum Gasteiger partial charge on any atom is 0.223 e. The number of nitrogens with zero attached hydrogens (tertiary/aromatic N) is 6. The zero-order valence-corrected chi connectivity index (χ0v) is 13.5. The lowest BCUT2D eigenvalue weighted by molar-refractivity contribution is -0.129. The third kappa shape index (κ3) is 2.09. The average Bonchev–Trinajstić information content (AvgIpc) is 3.01. The average molecular weight is 327 g/mol. The summed E-state index contributed by atoms with van der Waals surface area (Å²) in [6, 6.07) is 0.548. The summed E-state index contributed by atoms with van der Waals surface area (Å²) < 4.78 is 2.15. The molecule has 3 aliphatic rings. The SMILES string of the molecule is N[C@H]1CN(c2ncnc3c2ncn3C2CC2)C[C@@H]1N1CCCC1=O. The Morgan fingerprint density at radius 3 is 2.79 bits per heavy atom. The number of hydrogen-bond donors (Lipinski definition) is 1. The summed E-state index contributed by atoms with van der Waals surface area (Å²) in [5.74, 6) is 1.06. The van der Waals surface area contributed by atoms with Crippen LogP contribution in [0.5, 0.6) is 0 Å². The van der Waals surface area contributed by atoms with Crippen LogP contribution in [0, 0.1) is 0 Å². The molecule has 8 nitrogen and oxygen atoms in total. The summed E-state index contributed by atoms with van der Waals surface area (Å²) in [6.07, 6.45) is 7.45. The summed E-state index contributed by atoms with van der Waals surface area (Å²) in [6.45, 7) is 2.23. The quantitative estimate of drug-likeness (QED) is 0.871. The normalized spacial score (nSPS) is 27.6. The molecular weight excluding hydrogens is 306 g/mol. The Morgan fingerprint density at radius 2 is 2.04 bits per heavy atom. The Hall–Kier alpha value is -2.22. The Balaban J connectivity index is 1.46. The number of hydrogen-bond acceptors (Lipinski definition) is 6. The molecule has 2 aliphatic heterocycles. The zero-order chi connectivity index (χ0) is 16.3. The third-order valence-electron chi connectivity index (χ3n) is 5.42. The molecule has 4 heterocycles. The minimum Gasteiger partial charge on any atom is -0.351 e. The molecule has 1 amide bonds. The number of imidazole rings is 1. The van der Waals surface area contributed by atoms with E-state index < -0.39 is 0 Å². The first kappa shape index (κ1) is 14.2. The van der Waals surface area contributed by atoms with E-state index in [9.17, 15) is 4.79 Å². The van der Waals surface area contributed by atoms with Gasteiger partial charge in [-0.1, -0.05) is 0 Å². The number of fused-ring (bicyclic) bond motifs is 1. The van der Waals surface area contributed by atoms with Gasteiger partial charge < -0.3 is 20.1 Å². The molecule has 1 saturated carbocycles. The second kappa shape index (κ2) is 5.14. The highest BCUT2D eigenvalue weighted by molar-refractivity contribution is 5.84. The van der Waals surface area contributed by atoms with E-state index in [0.29, 0.717) is 19.0 Å². The predicted molar refractivity (Wildman–Crippen MR) is 88.5 cm³/mol. The Morgan fingerprint density at radius 1 is 1.17 bits per heavy atom. The van der Waals surface area contributed by atoms with E-state index in [1.54, 1.807) is 6.33 Å². The van der Waals surface area contributed by atoms with Crippen molar-refractivity contribution in [2.45, 2.75) is 43.8 Å². The lowest BCUT2D eigenvalue weighted by Crippen LogP contribution is -2.47. The molecule has 0 radical (unpaired) electrons.